The highest BCUT2D eigenvalue weighted by Gasteiger charge is 2.38. The molecule has 0 aliphatic carbocycles. The highest BCUT2D eigenvalue weighted by atomic mass is 16.2. The van der Waals surface area contributed by atoms with E-state index in [2.05, 4.69) is 0 Å². The number of anilines is 1. The third kappa shape index (κ3) is 3.38. The number of piperidine rings is 1. The molecule has 6 heteroatoms. The third-order valence-electron chi connectivity index (χ3n) is 5.55. The number of hydrogen-bond donors (Lipinski definition) is 1. The summed E-state index contributed by atoms with van der Waals surface area (Å²) < 4.78 is 0. The van der Waals surface area contributed by atoms with Crippen molar-refractivity contribution in [3.8, 4) is 0 Å². The topological polar surface area (TPSA) is 83.7 Å². The van der Waals surface area contributed by atoms with Crippen molar-refractivity contribution in [1.29, 1.82) is 0 Å². The Balaban J connectivity index is 1.67. The Bertz CT molecular complexity index is 708. The second-order valence-corrected chi connectivity index (χ2v) is 7.13. The lowest BCUT2D eigenvalue weighted by Gasteiger charge is -2.32. The standard InChI is InChI=1S/C19H25N3O3/c1-12-4-3-5-16(13(12)2)22-11-15(10-17(22)23)19(25)21-8-6-14(7-9-21)18(20)24/h3-5,14-15H,6-11H2,1-2H3,(H2,20,24)/t15-/m1/s1. The van der Waals surface area contributed by atoms with E-state index in [1.807, 2.05) is 32.0 Å². The molecule has 1 atom stereocenters. The molecule has 0 unspecified atom stereocenters. The molecule has 0 spiro atoms. The Hall–Kier alpha value is -2.37. The third-order valence-corrected chi connectivity index (χ3v) is 5.55. The summed E-state index contributed by atoms with van der Waals surface area (Å²) in [6, 6.07) is 5.89. The molecule has 0 radical (unpaired) electrons. The maximum Gasteiger partial charge on any atom is 0.228 e. The fourth-order valence-corrected chi connectivity index (χ4v) is 3.78. The minimum Gasteiger partial charge on any atom is -0.369 e. The fourth-order valence-electron chi connectivity index (χ4n) is 3.78. The minimum atomic E-state index is -0.308. The number of benzene rings is 1. The summed E-state index contributed by atoms with van der Waals surface area (Å²) in [5, 5.41) is 0. The lowest BCUT2D eigenvalue weighted by molar-refractivity contribution is -0.138. The van der Waals surface area contributed by atoms with Crippen LogP contribution in [0.3, 0.4) is 0 Å². The van der Waals surface area contributed by atoms with Crippen LogP contribution in [0.5, 0.6) is 0 Å². The van der Waals surface area contributed by atoms with Gasteiger partial charge >= 0.3 is 0 Å². The quantitative estimate of drug-likeness (QED) is 0.900. The smallest absolute Gasteiger partial charge is 0.228 e. The minimum absolute atomic E-state index is 0.000859. The van der Waals surface area contributed by atoms with Crippen molar-refractivity contribution in [2.75, 3.05) is 24.5 Å². The lowest BCUT2D eigenvalue weighted by atomic mass is 9.95. The zero-order valence-electron chi connectivity index (χ0n) is 14.8. The normalized spacial score (nSPS) is 21.7. The van der Waals surface area contributed by atoms with E-state index in [0.29, 0.717) is 32.5 Å². The van der Waals surface area contributed by atoms with Crippen LogP contribution in [0.2, 0.25) is 0 Å². The van der Waals surface area contributed by atoms with E-state index in [1.54, 1.807) is 9.80 Å². The second kappa shape index (κ2) is 6.86. The van der Waals surface area contributed by atoms with Crippen LogP contribution in [0, 0.1) is 25.7 Å². The van der Waals surface area contributed by atoms with Crippen LogP contribution in [0.25, 0.3) is 0 Å². The molecule has 1 aromatic rings. The van der Waals surface area contributed by atoms with Gasteiger partial charge in [0.1, 0.15) is 0 Å². The molecule has 0 aromatic heterocycles. The number of nitrogens with two attached hydrogens (primary N) is 1. The van der Waals surface area contributed by atoms with Crippen LogP contribution < -0.4 is 10.6 Å². The molecule has 3 amide bonds. The van der Waals surface area contributed by atoms with E-state index in [0.717, 1.165) is 16.8 Å². The monoisotopic (exact) mass is 343 g/mol. The summed E-state index contributed by atoms with van der Waals surface area (Å²) in [5.41, 5.74) is 8.45. The van der Waals surface area contributed by atoms with Gasteiger partial charge in [-0.15, -0.1) is 0 Å². The molecule has 2 aliphatic heterocycles. The van der Waals surface area contributed by atoms with Crippen molar-refractivity contribution in [3.63, 3.8) is 0 Å². The van der Waals surface area contributed by atoms with Crippen molar-refractivity contribution >= 4 is 23.4 Å². The van der Waals surface area contributed by atoms with Gasteiger partial charge in [0.05, 0.1) is 5.92 Å². The van der Waals surface area contributed by atoms with Crippen LogP contribution in [-0.4, -0.2) is 42.3 Å². The van der Waals surface area contributed by atoms with Gasteiger partial charge in [-0.1, -0.05) is 12.1 Å². The molecular formula is C19H25N3O3. The number of primary amides is 1. The molecule has 2 aliphatic rings. The molecule has 2 saturated heterocycles. The van der Waals surface area contributed by atoms with E-state index in [9.17, 15) is 14.4 Å². The number of likely N-dealkylation sites (tertiary alicyclic amines) is 1. The van der Waals surface area contributed by atoms with Crippen molar-refractivity contribution in [2.45, 2.75) is 33.1 Å². The molecule has 25 heavy (non-hydrogen) atoms. The van der Waals surface area contributed by atoms with Gasteiger partial charge in [0.25, 0.3) is 0 Å². The first kappa shape index (κ1) is 17.5. The Morgan fingerprint density at radius 2 is 1.80 bits per heavy atom. The number of aryl methyl sites for hydroxylation is 1. The highest BCUT2D eigenvalue weighted by Crippen LogP contribution is 2.31. The van der Waals surface area contributed by atoms with E-state index < -0.39 is 0 Å². The predicted molar refractivity (Wildman–Crippen MR) is 94.9 cm³/mol. The molecule has 2 fully saturated rings. The van der Waals surface area contributed by atoms with Gasteiger partial charge in [0, 0.05) is 37.7 Å². The van der Waals surface area contributed by atoms with Crippen LogP contribution in [0.4, 0.5) is 5.69 Å². The molecule has 3 rings (SSSR count). The maximum absolute atomic E-state index is 12.8. The van der Waals surface area contributed by atoms with Gasteiger partial charge in [-0.05, 0) is 43.9 Å². The van der Waals surface area contributed by atoms with Crippen molar-refractivity contribution in [2.24, 2.45) is 17.6 Å². The lowest BCUT2D eigenvalue weighted by Crippen LogP contribution is -2.44. The average molecular weight is 343 g/mol. The first-order valence-electron chi connectivity index (χ1n) is 8.83. The highest BCUT2D eigenvalue weighted by molar-refractivity contribution is 6.01. The van der Waals surface area contributed by atoms with E-state index in [1.165, 1.54) is 0 Å². The molecule has 0 saturated carbocycles. The molecular weight excluding hydrogens is 318 g/mol. The number of nitrogens with zero attached hydrogens (tertiary/aromatic N) is 2. The van der Waals surface area contributed by atoms with Gasteiger partial charge < -0.3 is 15.5 Å². The first-order valence-corrected chi connectivity index (χ1v) is 8.83. The Labute approximate surface area is 148 Å². The summed E-state index contributed by atoms with van der Waals surface area (Å²) in [6.45, 7) is 5.53. The Morgan fingerprint density at radius 3 is 2.44 bits per heavy atom. The van der Waals surface area contributed by atoms with Crippen molar-refractivity contribution < 1.29 is 14.4 Å². The number of rotatable bonds is 3. The van der Waals surface area contributed by atoms with Crippen LogP contribution in [0.1, 0.15) is 30.4 Å². The number of carbonyl (C=O) groups is 3. The van der Waals surface area contributed by atoms with Gasteiger partial charge in [-0.25, -0.2) is 0 Å². The zero-order chi connectivity index (χ0) is 18.1. The molecule has 1 aromatic carbocycles. The summed E-state index contributed by atoms with van der Waals surface area (Å²) in [6.07, 6.45) is 1.48. The second-order valence-electron chi connectivity index (χ2n) is 7.13. The molecule has 2 N–H and O–H groups in total. The summed E-state index contributed by atoms with van der Waals surface area (Å²) in [4.78, 5) is 40.0. The first-order chi connectivity index (χ1) is 11.9. The molecule has 6 nitrogen and oxygen atoms in total. The van der Waals surface area contributed by atoms with Crippen molar-refractivity contribution in [1.82, 2.24) is 4.90 Å². The number of amides is 3. The van der Waals surface area contributed by atoms with E-state index in [4.69, 9.17) is 5.73 Å². The zero-order valence-corrected chi connectivity index (χ0v) is 14.8. The average Bonchev–Trinajstić information content (AvgIpc) is 2.98. The van der Waals surface area contributed by atoms with Gasteiger partial charge in [-0.3, -0.25) is 14.4 Å². The number of hydrogen-bond acceptors (Lipinski definition) is 3. The molecule has 134 valence electrons. The van der Waals surface area contributed by atoms with E-state index >= 15 is 0 Å². The van der Waals surface area contributed by atoms with Crippen LogP contribution in [0.15, 0.2) is 18.2 Å². The van der Waals surface area contributed by atoms with Gasteiger partial charge in [0.15, 0.2) is 0 Å². The van der Waals surface area contributed by atoms with Gasteiger partial charge in [-0.2, -0.15) is 0 Å². The van der Waals surface area contributed by atoms with Gasteiger partial charge in [0.2, 0.25) is 17.7 Å². The summed E-state index contributed by atoms with van der Waals surface area (Å²) >= 11 is 0. The van der Waals surface area contributed by atoms with Crippen LogP contribution in [-0.2, 0) is 14.4 Å². The molecule has 2 heterocycles. The van der Waals surface area contributed by atoms with Crippen LogP contribution >= 0.6 is 0 Å². The maximum atomic E-state index is 12.8. The summed E-state index contributed by atoms with van der Waals surface area (Å²) in [7, 11) is 0. The fraction of sp³-hybridized carbons (Fsp3) is 0.526. The Kier molecular flexibility index (Phi) is 4.79. The summed E-state index contributed by atoms with van der Waals surface area (Å²) in [5.74, 6) is -0.717. The Morgan fingerprint density at radius 1 is 1.12 bits per heavy atom. The van der Waals surface area contributed by atoms with E-state index in [-0.39, 0.29) is 36.0 Å². The predicted octanol–water partition coefficient (Wildman–Crippen LogP) is 1.38. The number of carbonyl (C=O) groups excluding carboxylic acids is 3. The van der Waals surface area contributed by atoms with Crippen molar-refractivity contribution in [3.05, 3.63) is 29.3 Å². The molecule has 0 bridgehead atoms. The largest absolute Gasteiger partial charge is 0.369 e. The SMILES string of the molecule is Cc1cccc(N2C[C@H](C(=O)N3CCC(C(N)=O)CC3)CC2=O)c1C.